The van der Waals surface area contributed by atoms with Crippen molar-refractivity contribution in [3.8, 4) is 0 Å². The minimum Gasteiger partial charge on any atom is -0.480 e. The number of esters is 1. The Balaban J connectivity index is 2.38. The fourth-order valence-corrected chi connectivity index (χ4v) is 3.09. The second kappa shape index (κ2) is 8.76. The summed E-state index contributed by atoms with van der Waals surface area (Å²) in [4.78, 5) is 33.9. The van der Waals surface area contributed by atoms with Gasteiger partial charge >= 0.3 is 18.0 Å². The molecule has 0 aliphatic heterocycles. The average molecular weight is 318 g/mol. The number of nitrogens with one attached hydrogen (secondary N) is 2. The number of carboxylic acids is 1. The summed E-state index contributed by atoms with van der Waals surface area (Å²) >= 11 is 1.78. The number of ether oxygens (including phenoxy) is 1. The molecule has 0 spiro atoms. The van der Waals surface area contributed by atoms with Crippen LogP contribution >= 0.6 is 11.8 Å². The van der Waals surface area contributed by atoms with Crippen LogP contribution in [0.3, 0.4) is 0 Å². The first-order chi connectivity index (χ1) is 9.96. The van der Waals surface area contributed by atoms with Gasteiger partial charge in [0.1, 0.15) is 6.04 Å². The normalized spacial score (nSPS) is 22.4. The average Bonchev–Trinajstić information content (AvgIpc) is 2.90. The molecule has 0 radical (unpaired) electrons. The number of rotatable bonds is 7. The lowest BCUT2D eigenvalue weighted by atomic mass is 10.1. The van der Waals surface area contributed by atoms with Gasteiger partial charge in [-0.1, -0.05) is 0 Å². The van der Waals surface area contributed by atoms with Gasteiger partial charge in [-0.2, -0.15) is 11.8 Å². The van der Waals surface area contributed by atoms with E-state index in [1.54, 1.807) is 11.8 Å². The van der Waals surface area contributed by atoms with Crippen molar-refractivity contribution in [2.45, 2.75) is 49.4 Å². The molecule has 0 aromatic rings. The molecule has 1 saturated carbocycles. The molecule has 0 bridgehead atoms. The number of hydrogen-bond acceptors (Lipinski definition) is 5. The van der Waals surface area contributed by atoms with Crippen molar-refractivity contribution in [1.82, 2.24) is 10.6 Å². The zero-order valence-corrected chi connectivity index (χ0v) is 13.1. The van der Waals surface area contributed by atoms with E-state index in [0.717, 1.165) is 19.3 Å². The van der Waals surface area contributed by atoms with Crippen molar-refractivity contribution >= 4 is 29.7 Å². The molecule has 1 rings (SSSR count). The van der Waals surface area contributed by atoms with Crippen LogP contribution in [0.4, 0.5) is 4.79 Å². The van der Waals surface area contributed by atoms with Gasteiger partial charge in [0.15, 0.2) is 0 Å². The van der Waals surface area contributed by atoms with Crippen LogP contribution in [0, 0.1) is 0 Å². The smallest absolute Gasteiger partial charge is 0.326 e. The van der Waals surface area contributed by atoms with Crippen molar-refractivity contribution in [2.75, 3.05) is 13.4 Å². The minimum atomic E-state index is -1.16. The zero-order valence-electron chi connectivity index (χ0n) is 12.3. The Hall–Kier alpha value is -1.44. The number of amides is 2. The Morgan fingerprint density at radius 3 is 2.62 bits per heavy atom. The van der Waals surface area contributed by atoms with Gasteiger partial charge in [-0.3, -0.25) is 4.79 Å². The van der Waals surface area contributed by atoms with Crippen LogP contribution in [0.5, 0.6) is 0 Å². The fourth-order valence-electron chi connectivity index (χ4n) is 2.29. The van der Waals surface area contributed by atoms with E-state index in [0.29, 0.717) is 5.25 Å². The predicted molar refractivity (Wildman–Crippen MR) is 79.3 cm³/mol. The Labute approximate surface area is 128 Å². The summed E-state index contributed by atoms with van der Waals surface area (Å²) in [6, 6.07) is -1.52. The molecular formula is C13H22N2O5S. The summed E-state index contributed by atoms with van der Waals surface area (Å²) in [6.45, 7) is 0. The van der Waals surface area contributed by atoms with Crippen LogP contribution in [0.2, 0.25) is 0 Å². The second-order valence-corrected chi connectivity index (χ2v) is 6.13. The lowest BCUT2D eigenvalue weighted by Crippen LogP contribution is -2.48. The highest BCUT2D eigenvalue weighted by atomic mass is 32.2. The standard InChI is InChI=1S/C13H22N2O5S/c1-20-11(16)6-5-10(12(17)18)15-13(19)14-8-3-4-9(7-8)21-2/h8-10H,3-7H2,1-2H3,(H,17,18)(H2,14,15,19)/t8?,9?,10-/m0/s1. The molecule has 21 heavy (non-hydrogen) atoms. The molecule has 0 heterocycles. The molecule has 3 N–H and O–H groups in total. The first kappa shape index (κ1) is 17.6. The van der Waals surface area contributed by atoms with Gasteiger partial charge in [0.2, 0.25) is 0 Å². The topological polar surface area (TPSA) is 105 Å². The lowest BCUT2D eigenvalue weighted by molar-refractivity contribution is -0.142. The molecule has 0 saturated heterocycles. The van der Waals surface area contributed by atoms with Gasteiger partial charge in [-0.15, -0.1) is 0 Å². The van der Waals surface area contributed by atoms with Crippen LogP contribution in [-0.2, 0) is 14.3 Å². The Bertz CT molecular complexity index is 391. The predicted octanol–water partition coefficient (Wildman–Crippen LogP) is 0.976. The maximum absolute atomic E-state index is 11.8. The van der Waals surface area contributed by atoms with Crippen LogP contribution in [0.15, 0.2) is 0 Å². The first-order valence-corrected chi connectivity index (χ1v) is 8.14. The highest BCUT2D eigenvalue weighted by molar-refractivity contribution is 7.99. The van der Waals surface area contributed by atoms with Gasteiger partial charge in [-0.25, -0.2) is 9.59 Å². The number of carboxylic acid groups (broad SMARTS) is 1. The molecule has 2 unspecified atom stereocenters. The number of thioether (sulfide) groups is 1. The van der Waals surface area contributed by atoms with Gasteiger partial charge in [0, 0.05) is 17.7 Å². The first-order valence-electron chi connectivity index (χ1n) is 6.85. The third kappa shape index (κ3) is 6.24. The number of carbonyl (C=O) groups is 3. The van der Waals surface area contributed by atoms with Gasteiger partial charge in [-0.05, 0) is 31.9 Å². The highest BCUT2D eigenvalue weighted by Gasteiger charge is 2.27. The van der Waals surface area contributed by atoms with E-state index in [-0.39, 0.29) is 18.9 Å². The summed E-state index contributed by atoms with van der Waals surface area (Å²) in [5, 5.41) is 14.8. The maximum atomic E-state index is 11.8. The van der Waals surface area contributed by atoms with Crippen molar-refractivity contribution in [3.05, 3.63) is 0 Å². The van der Waals surface area contributed by atoms with Crippen LogP contribution in [0.1, 0.15) is 32.1 Å². The van der Waals surface area contributed by atoms with Crippen molar-refractivity contribution in [1.29, 1.82) is 0 Å². The van der Waals surface area contributed by atoms with E-state index in [2.05, 4.69) is 15.4 Å². The summed E-state index contributed by atoms with van der Waals surface area (Å²) in [5.74, 6) is -1.66. The van der Waals surface area contributed by atoms with E-state index in [1.165, 1.54) is 7.11 Å². The number of hydrogen-bond donors (Lipinski definition) is 3. The van der Waals surface area contributed by atoms with E-state index in [9.17, 15) is 14.4 Å². The molecule has 1 aliphatic rings. The largest absolute Gasteiger partial charge is 0.480 e. The molecule has 0 aromatic heterocycles. The van der Waals surface area contributed by atoms with E-state index in [1.807, 2.05) is 6.26 Å². The van der Waals surface area contributed by atoms with Gasteiger partial charge < -0.3 is 20.5 Å². The summed E-state index contributed by atoms with van der Waals surface area (Å²) in [6.07, 6.45) is 4.85. The van der Waals surface area contributed by atoms with E-state index in [4.69, 9.17) is 5.11 Å². The Kier molecular flexibility index (Phi) is 7.35. The Morgan fingerprint density at radius 2 is 2.10 bits per heavy atom. The van der Waals surface area contributed by atoms with E-state index >= 15 is 0 Å². The quantitative estimate of drug-likeness (QED) is 0.604. The summed E-state index contributed by atoms with van der Waals surface area (Å²) < 4.78 is 4.45. The third-order valence-electron chi connectivity index (χ3n) is 3.52. The molecule has 3 atom stereocenters. The summed E-state index contributed by atoms with van der Waals surface area (Å²) in [5.41, 5.74) is 0. The number of aliphatic carboxylic acids is 1. The second-order valence-electron chi connectivity index (χ2n) is 4.99. The monoisotopic (exact) mass is 318 g/mol. The molecule has 8 heteroatoms. The molecule has 120 valence electrons. The van der Waals surface area contributed by atoms with E-state index < -0.39 is 24.0 Å². The highest BCUT2D eigenvalue weighted by Crippen LogP contribution is 2.27. The van der Waals surface area contributed by atoms with Gasteiger partial charge in [0.05, 0.1) is 7.11 Å². The number of urea groups is 1. The van der Waals surface area contributed by atoms with Crippen molar-refractivity contribution in [3.63, 3.8) is 0 Å². The lowest BCUT2D eigenvalue weighted by Gasteiger charge is -2.17. The summed E-state index contributed by atoms with van der Waals surface area (Å²) in [7, 11) is 1.24. The fraction of sp³-hybridized carbons (Fsp3) is 0.769. The molecule has 0 aromatic carbocycles. The maximum Gasteiger partial charge on any atom is 0.326 e. The molecule has 1 aliphatic carbocycles. The van der Waals surface area contributed by atoms with Crippen LogP contribution in [0.25, 0.3) is 0 Å². The Morgan fingerprint density at radius 1 is 1.38 bits per heavy atom. The van der Waals surface area contributed by atoms with Gasteiger partial charge in [0.25, 0.3) is 0 Å². The minimum absolute atomic E-state index is 0.00747. The molecule has 1 fully saturated rings. The molecular weight excluding hydrogens is 296 g/mol. The third-order valence-corrected chi connectivity index (χ3v) is 4.62. The van der Waals surface area contributed by atoms with Crippen molar-refractivity contribution < 1.29 is 24.2 Å². The number of methoxy groups -OCH3 is 1. The molecule has 2 amide bonds. The van der Waals surface area contributed by atoms with Crippen LogP contribution < -0.4 is 10.6 Å². The number of carbonyl (C=O) groups excluding carboxylic acids is 2. The van der Waals surface area contributed by atoms with Crippen LogP contribution in [-0.4, -0.2) is 53.8 Å². The zero-order chi connectivity index (χ0) is 15.8. The van der Waals surface area contributed by atoms with Crippen molar-refractivity contribution in [2.24, 2.45) is 0 Å². The molecule has 7 nitrogen and oxygen atoms in total. The SMILES string of the molecule is COC(=O)CC[C@H](NC(=O)NC1CCC(SC)C1)C(=O)O.